The second kappa shape index (κ2) is 10.9. The van der Waals surface area contributed by atoms with E-state index in [4.69, 9.17) is 0 Å². The molecule has 3 aromatic rings. The molecule has 192 valence electrons. The lowest BCUT2D eigenvalue weighted by atomic mass is 9.77. The average molecular weight is 495 g/mol. The van der Waals surface area contributed by atoms with Crippen molar-refractivity contribution in [2.24, 2.45) is 7.05 Å². The quantitative estimate of drug-likeness (QED) is 0.356. The molecule has 1 aliphatic heterocycles. The van der Waals surface area contributed by atoms with Gasteiger partial charge in [-0.05, 0) is 37.8 Å². The number of hydrogen-bond acceptors (Lipinski definition) is 3. The molecule has 0 N–H and O–H groups in total. The molecule has 1 saturated carbocycles. The fourth-order valence-electron chi connectivity index (χ4n) is 5.70. The Bertz CT molecular complexity index is 1200. The lowest BCUT2D eigenvalue weighted by molar-refractivity contribution is -0.107. The molecule has 0 bridgehead atoms. The lowest BCUT2D eigenvalue weighted by Gasteiger charge is -2.55. The van der Waals surface area contributed by atoms with Crippen LogP contribution in [-0.2, 0) is 23.9 Å². The summed E-state index contributed by atoms with van der Waals surface area (Å²) in [6.45, 7) is 7.24. The molecule has 1 saturated heterocycles. The largest absolute Gasteiger partial charge is 0.310 e. The third kappa shape index (κ3) is 4.69. The first-order chi connectivity index (χ1) is 17.4. The van der Waals surface area contributed by atoms with Crippen LogP contribution in [0.1, 0.15) is 64.0 Å². The van der Waals surface area contributed by atoms with Crippen molar-refractivity contribution in [3.63, 3.8) is 0 Å². The first-order valence-electron chi connectivity index (χ1n) is 13.0. The number of halogens is 2. The fraction of sp³-hybridized carbons (Fsp3) is 0.448. The van der Waals surface area contributed by atoms with Gasteiger partial charge in [-0.25, -0.2) is 8.78 Å². The van der Waals surface area contributed by atoms with Gasteiger partial charge in [0.15, 0.2) is 11.6 Å². The summed E-state index contributed by atoms with van der Waals surface area (Å²) in [5.74, 6) is -1.86. The molecule has 1 aliphatic carbocycles. The Kier molecular flexibility index (Phi) is 7.88. The number of carbonyl (C=O) groups excluding carboxylic acids is 1. The molecule has 2 aliphatic rings. The van der Waals surface area contributed by atoms with Gasteiger partial charge in [-0.1, -0.05) is 57.0 Å². The summed E-state index contributed by atoms with van der Waals surface area (Å²) in [4.78, 5) is 16.3. The Morgan fingerprint density at radius 3 is 2.44 bits per heavy atom. The summed E-state index contributed by atoms with van der Waals surface area (Å²) in [6.07, 6.45) is 9.81. The van der Waals surface area contributed by atoms with Gasteiger partial charge in [0.25, 0.3) is 0 Å². The molecule has 1 unspecified atom stereocenters. The zero-order chi connectivity index (χ0) is 25.9. The molecule has 5 rings (SSSR count). The van der Waals surface area contributed by atoms with Gasteiger partial charge < -0.3 is 4.90 Å². The Morgan fingerprint density at radius 2 is 1.83 bits per heavy atom. The number of para-hydroxylation sites is 1. The van der Waals surface area contributed by atoms with Crippen LogP contribution in [0.4, 0.5) is 14.5 Å². The van der Waals surface area contributed by atoms with E-state index in [1.807, 2.05) is 32.0 Å². The van der Waals surface area contributed by atoms with Gasteiger partial charge in [0, 0.05) is 53.7 Å². The molecule has 1 aromatic heterocycles. The van der Waals surface area contributed by atoms with Crippen LogP contribution in [0.2, 0.25) is 0 Å². The number of amides is 1. The smallest absolute Gasteiger partial charge is 0.214 e. The minimum Gasteiger partial charge on any atom is -0.310 e. The van der Waals surface area contributed by atoms with E-state index in [0.717, 1.165) is 24.2 Å². The van der Waals surface area contributed by atoms with Crippen molar-refractivity contribution in [1.82, 2.24) is 14.7 Å². The topological polar surface area (TPSA) is 41.4 Å². The Hall–Kier alpha value is -3.06. The van der Waals surface area contributed by atoms with E-state index in [0.29, 0.717) is 18.0 Å². The van der Waals surface area contributed by atoms with E-state index in [1.54, 1.807) is 30.1 Å². The summed E-state index contributed by atoms with van der Waals surface area (Å²) in [5.41, 5.74) is 2.45. The Morgan fingerprint density at radius 1 is 1.11 bits per heavy atom. The number of aryl methyl sites for hydroxylation is 1. The van der Waals surface area contributed by atoms with Crippen molar-refractivity contribution in [2.45, 2.75) is 71.0 Å². The van der Waals surface area contributed by atoms with E-state index in [-0.39, 0.29) is 23.2 Å². The van der Waals surface area contributed by atoms with Crippen LogP contribution in [0.5, 0.6) is 0 Å². The maximum Gasteiger partial charge on any atom is 0.214 e. The van der Waals surface area contributed by atoms with Gasteiger partial charge in [0.05, 0.1) is 12.7 Å². The van der Waals surface area contributed by atoms with Crippen molar-refractivity contribution in [3.05, 3.63) is 71.6 Å². The van der Waals surface area contributed by atoms with Crippen LogP contribution in [0.15, 0.2) is 48.8 Å². The summed E-state index contributed by atoms with van der Waals surface area (Å²) >= 11 is 0. The number of anilines is 1. The van der Waals surface area contributed by atoms with Crippen LogP contribution in [0.3, 0.4) is 0 Å². The van der Waals surface area contributed by atoms with Gasteiger partial charge in [-0.3, -0.25) is 14.4 Å². The molecular weight excluding hydrogens is 458 g/mol. The maximum absolute atomic E-state index is 15.1. The minimum atomic E-state index is -0.937. The van der Waals surface area contributed by atoms with E-state index < -0.39 is 11.6 Å². The molecular formula is C29H36F2N4O. The third-order valence-electron chi connectivity index (χ3n) is 7.68. The Labute approximate surface area is 212 Å². The molecule has 0 spiro atoms. The zero-order valence-corrected chi connectivity index (χ0v) is 21.7. The maximum atomic E-state index is 15.1. The number of benzene rings is 2. The third-order valence-corrected chi connectivity index (χ3v) is 7.68. The summed E-state index contributed by atoms with van der Waals surface area (Å²) in [5, 5.41) is 4.04. The van der Waals surface area contributed by atoms with Crippen molar-refractivity contribution in [3.8, 4) is 11.1 Å². The first kappa shape index (κ1) is 26.0. The monoisotopic (exact) mass is 494 g/mol. The molecule has 1 atom stereocenters. The number of hydrogen-bond donors (Lipinski definition) is 0. The van der Waals surface area contributed by atoms with Crippen LogP contribution in [-0.4, -0.2) is 33.7 Å². The molecule has 5 nitrogen and oxygen atoms in total. The molecule has 2 aromatic carbocycles. The highest BCUT2D eigenvalue weighted by Crippen LogP contribution is 2.47. The minimum absolute atomic E-state index is 0.0455. The number of likely N-dealkylation sites (tertiary alicyclic amines) is 1. The normalized spacial score (nSPS) is 19.9. The molecule has 1 amide bonds. The number of rotatable bonds is 7. The van der Waals surface area contributed by atoms with Gasteiger partial charge in [0.2, 0.25) is 6.41 Å². The molecule has 0 radical (unpaired) electrons. The highest BCUT2D eigenvalue weighted by Gasteiger charge is 2.47. The number of carbonyl (C=O) groups is 1. The van der Waals surface area contributed by atoms with E-state index in [1.165, 1.54) is 36.8 Å². The van der Waals surface area contributed by atoms with Crippen LogP contribution >= 0.6 is 0 Å². The zero-order valence-electron chi connectivity index (χ0n) is 21.7. The Balaban J connectivity index is 0.00000148. The SMILES string of the molecule is CC.Cn1cc(-c2ccc(CN(C=O)c3ccccc3C3(C)CCN3C3CCCC3)c(F)c2F)cn1. The summed E-state index contributed by atoms with van der Waals surface area (Å²) < 4.78 is 31.6. The predicted octanol–water partition coefficient (Wildman–Crippen LogP) is 6.42. The van der Waals surface area contributed by atoms with Crippen molar-refractivity contribution < 1.29 is 13.6 Å². The van der Waals surface area contributed by atoms with Gasteiger partial charge in [-0.2, -0.15) is 5.10 Å². The molecule has 2 fully saturated rings. The second-order valence-corrected chi connectivity index (χ2v) is 9.71. The van der Waals surface area contributed by atoms with E-state index in [9.17, 15) is 9.18 Å². The fourth-order valence-corrected chi connectivity index (χ4v) is 5.70. The van der Waals surface area contributed by atoms with Crippen molar-refractivity contribution in [2.75, 3.05) is 11.4 Å². The predicted molar refractivity (Wildman–Crippen MR) is 140 cm³/mol. The summed E-state index contributed by atoms with van der Waals surface area (Å²) in [7, 11) is 1.72. The second-order valence-electron chi connectivity index (χ2n) is 9.71. The van der Waals surface area contributed by atoms with E-state index >= 15 is 4.39 Å². The van der Waals surface area contributed by atoms with Crippen LogP contribution < -0.4 is 4.90 Å². The van der Waals surface area contributed by atoms with E-state index in [2.05, 4.69) is 23.0 Å². The van der Waals surface area contributed by atoms with Crippen LogP contribution in [0.25, 0.3) is 11.1 Å². The lowest BCUT2D eigenvalue weighted by Crippen LogP contribution is -2.59. The molecule has 2 heterocycles. The van der Waals surface area contributed by atoms with Gasteiger partial charge >= 0.3 is 0 Å². The van der Waals surface area contributed by atoms with Gasteiger partial charge in [-0.15, -0.1) is 0 Å². The first-order valence-corrected chi connectivity index (χ1v) is 13.0. The average Bonchev–Trinajstić information content (AvgIpc) is 3.57. The number of nitrogens with zero attached hydrogens (tertiary/aromatic N) is 4. The summed E-state index contributed by atoms with van der Waals surface area (Å²) in [6, 6.07) is 11.5. The highest BCUT2D eigenvalue weighted by atomic mass is 19.2. The number of aromatic nitrogens is 2. The molecule has 36 heavy (non-hydrogen) atoms. The van der Waals surface area contributed by atoms with Crippen molar-refractivity contribution in [1.29, 1.82) is 0 Å². The molecule has 7 heteroatoms. The standard InChI is InChI=1S/C27H30F2N4O.C2H6/c1-27(13-14-33(27)21-7-3-4-8-21)23-9-5-6-10-24(23)32(18-34)17-19-11-12-22(26(29)25(19)28)20-15-30-31(2)16-20;1-2/h5-6,9-12,15-16,18,21H,3-4,7-8,13-14,17H2,1-2H3;1-2H3. The van der Waals surface area contributed by atoms with Gasteiger partial charge in [0.1, 0.15) is 0 Å². The van der Waals surface area contributed by atoms with Crippen molar-refractivity contribution >= 4 is 12.1 Å². The van der Waals surface area contributed by atoms with Crippen LogP contribution in [0, 0.1) is 11.6 Å². The highest BCUT2D eigenvalue weighted by molar-refractivity contribution is 5.78.